The molecule has 0 unspecified atom stereocenters. The van der Waals surface area contributed by atoms with Crippen LogP contribution in [0.5, 0.6) is 5.75 Å². The zero-order valence-electron chi connectivity index (χ0n) is 19.2. The van der Waals surface area contributed by atoms with Crippen molar-refractivity contribution in [1.29, 1.82) is 0 Å². The van der Waals surface area contributed by atoms with Crippen LogP contribution in [0, 0.1) is 18.6 Å². The molecule has 4 aromatic rings. The maximum atomic E-state index is 14.5. The zero-order valence-corrected chi connectivity index (χ0v) is 19.2. The number of carboxylic acids is 1. The number of carbonyl (C=O) groups is 1. The predicted octanol–water partition coefficient (Wildman–Crippen LogP) is 5.61. The first-order valence-corrected chi connectivity index (χ1v) is 10.6. The minimum Gasteiger partial charge on any atom is -0.507 e. The van der Waals surface area contributed by atoms with Gasteiger partial charge in [0.1, 0.15) is 23.2 Å². The standard InChI is InChI=1S/C26H24F2N2O4/c1-14-9-21(29-12-18(14)28)30-19-10-17(27)11-20(31)23(19)22(24(30)26(2,3)13-34-4)15-5-7-16(8-6-15)25(32)33/h5-12,31H,13H2,1-4H3,(H,32,33). The van der Waals surface area contributed by atoms with E-state index in [-0.39, 0.29) is 17.9 Å². The molecular formula is C26H24F2N2O4. The minimum absolute atomic E-state index is 0.108. The molecule has 2 N–H and O–H groups in total. The van der Waals surface area contributed by atoms with Gasteiger partial charge in [-0.1, -0.05) is 26.0 Å². The molecule has 0 aliphatic rings. The molecule has 2 heterocycles. The molecule has 2 aromatic heterocycles. The summed E-state index contributed by atoms with van der Waals surface area (Å²) in [6, 6.07) is 10.1. The second-order valence-electron chi connectivity index (χ2n) is 8.87. The smallest absolute Gasteiger partial charge is 0.335 e. The number of pyridine rings is 1. The fraction of sp³-hybridized carbons (Fsp3) is 0.231. The van der Waals surface area contributed by atoms with Crippen LogP contribution >= 0.6 is 0 Å². The van der Waals surface area contributed by atoms with Crippen LogP contribution in [0.15, 0.2) is 48.7 Å². The van der Waals surface area contributed by atoms with Gasteiger partial charge < -0.3 is 14.9 Å². The lowest BCUT2D eigenvalue weighted by Gasteiger charge is -2.28. The summed E-state index contributed by atoms with van der Waals surface area (Å²) in [6.07, 6.45) is 1.10. The molecule has 0 atom stereocenters. The lowest BCUT2D eigenvalue weighted by molar-refractivity contribution is 0.0697. The van der Waals surface area contributed by atoms with Gasteiger partial charge in [-0.2, -0.15) is 0 Å². The number of aromatic hydroxyl groups is 1. The van der Waals surface area contributed by atoms with E-state index in [1.54, 1.807) is 36.8 Å². The van der Waals surface area contributed by atoms with E-state index < -0.39 is 23.0 Å². The first kappa shape index (κ1) is 23.4. The van der Waals surface area contributed by atoms with Gasteiger partial charge >= 0.3 is 5.97 Å². The van der Waals surface area contributed by atoms with Crippen molar-refractivity contribution in [3.8, 4) is 22.7 Å². The predicted molar refractivity (Wildman–Crippen MR) is 125 cm³/mol. The number of hydrogen-bond acceptors (Lipinski definition) is 4. The molecule has 8 heteroatoms. The summed E-state index contributed by atoms with van der Waals surface area (Å²) in [5, 5.41) is 20.5. The Hall–Kier alpha value is -3.78. The van der Waals surface area contributed by atoms with Crippen molar-refractivity contribution >= 4 is 16.9 Å². The highest BCUT2D eigenvalue weighted by Crippen LogP contribution is 2.46. The van der Waals surface area contributed by atoms with Gasteiger partial charge in [0.25, 0.3) is 0 Å². The molecule has 0 saturated carbocycles. The molecule has 0 bridgehead atoms. The number of phenols is 1. The molecule has 0 amide bonds. The number of benzene rings is 2. The van der Waals surface area contributed by atoms with Crippen molar-refractivity contribution in [3.63, 3.8) is 0 Å². The molecule has 0 saturated heterocycles. The summed E-state index contributed by atoms with van der Waals surface area (Å²) in [5.41, 5.74) is 1.97. The van der Waals surface area contributed by atoms with Crippen molar-refractivity contribution in [1.82, 2.24) is 9.55 Å². The van der Waals surface area contributed by atoms with Gasteiger partial charge in [-0.25, -0.2) is 18.6 Å². The summed E-state index contributed by atoms with van der Waals surface area (Å²) in [5.74, 6) is -2.12. The highest BCUT2D eigenvalue weighted by molar-refractivity contribution is 6.04. The van der Waals surface area contributed by atoms with Crippen molar-refractivity contribution in [2.45, 2.75) is 26.2 Å². The number of fused-ring (bicyclic) bond motifs is 1. The number of carboxylic acid groups (broad SMARTS) is 1. The third kappa shape index (κ3) is 3.90. The minimum atomic E-state index is -1.06. The number of nitrogens with zero attached hydrogens (tertiary/aromatic N) is 2. The van der Waals surface area contributed by atoms with E-state index in [1.165, 1.54) is 18.2 Å². The Morgan fingerprint density at radius 3 is 2.41 bits per heavy atom. The first-order chi connectivity index (χ1) is 16.0. The van der Waals surface area contributed by atoms with Gasteiger partial charge in [-0.05, 0) is 42.3 Å². The Morgan fingerprint density at radius 2 is 1.82 bits per heavy atom. The Bertz CT molecular complexity index is 1410. The van der Waals surface area contributed by atoms with Crippen molar-refractivity contribution < 1.29 is 28.5 Å². The number of rotatable bonds is 6. The van der Waals surface area contributed by atoms with Crippen LogP contribution < -0.4 is 0 Å². The summed E-state index contributed by atoms with van der Waals surface area (Å²) >= 11 is 0. The zero-order chi connectivity index (χ0) is 24.8. The average Bonchev–Trinajstić information content (AvgIpc) is 3.12. The molecule has 4 rings (SSSR count). The van der Waals surface area contributed by atoms with Crippen LogP contribution in [0.25, 0.3) is 27.8 Å². The molecule has 2 aromatic carbocycles. The van der Waals surface area contributed by atoms with Crippen molar-refractivity contribution in [2.75, 3.05) is 13.7 Å². The molecule has 176 valence electrons. The number of hydrogen-bond donors (Lipinski definition) is 2. The van der Waals surface area contributed by atoms with Crippen LogP contribution in [-0.2, 0) is 10.2 Å². The highest BCUT2D eigenvalue weighted by atomic mass is 19.1. The van der Waals surface area contributed by atoms with E-state index in [4.69, 9.17) is 4.74 Å². The fourth-order valence-electron chi connectivity index (χ4n) is 4.38. The number of methoxy groups -OCH3 is 1. The van der Waals surface area contributed by atoms with Gasteiger partial charge in [0.2, 0.25) is 0 Å². The molecule has 0 radical (unpaired) electrons. The van der Waals surface area contributed by atoms with E-state index in [9.17, 15) is 23.8 Å². The lowest BCUT2D eigenvalue weighted by Crippen LogP contribution is -2.27. The normalized spacial score (nSPS) is 11.8. The van der Waals surface area contributed by atoms with E-state index in [0.29, 0.717) is 39.1 Å². The lowest BCUT2D eigenvalue weighted by atomic mass is 9.84. The number of halogens is 2. The van der Waals surface area contributed by atoms with Gasteiger partial charge in [0, 0.05) is 29.8 Å². The molecule has 0 aliphatic heterocycles. The van der Waals surface area contributed by atoms with E-state index in [1.807, 2.05) is 13.8 Å². The van der Waals surface area contributed by atoms with E-state index in [2.05, 4.69) is 4.98 Å². The maximum Gasteiger partial charge on any atom is 0.335 e. The number of aromatic nitrogens is 2. The molecule has 0 spiro atoms. The summed E-state index contributed by atoms with van der Waals surface area (Å²) in [6.45, 7) is 5.74. The van der Waals surface area contributed by atoms with Crippen molar-refractivity contribution in [3.05, 3.63) is 77.1 Å². The Balaban J connectivity index is 2.19. The Kier molecular flexibility index (Phi) is 5.87. The fourth-order valence-corrected chi connectivity index (χ4v) is 4.38. The third-order valence-electron chi connectivity index (χ3n) is 5.84. The van der Waals surface area contributed by atoms with Crippen LogP contribution in [-0.4, -0.2) is 39.5 Å². The monoisotopic (exact) mass is 466 g/mol. The molecule has 6 nitrogen and oxygen atoms in total. The average molecular weight is 466 g/mol. The maximum absolute atomic E-state index is 14.5. The number of phenolic OH excluding ortho intramolecular Hbond substituents is 1. The Morgan fingerprint density at radius 1 is 1.15 bits per heavy atom. The molecule has 34 heavy (non-hydrogen) atoms. The van der Waals surface area contributed by atoms with Crippen LogP contribution in [0.3, 0.4) is 0 Å². The topological polar surface area (TPSA) is 84.6 Å². The van der Waals surface area contributed by atoms with Gasteiger partial charge in [0.15, 0.2) is 0 Å². The SMILES string of the molecule is COCC(C)(C)c1c(-c2ccc(C(=O)O)cc2)c2c(O)cc(F)cc2n1-c1cc(C)c(F)cn1. The molecular weight excluding hydrogens is 442 g/mol. The van der Waals surface area contributed by atoms with Crippen molar-refractivity contribution in [2.24, 2.45) is 0 Å². The van der Waals surface area contributed by atoms with Gasteiger partial charge in [-0.15, -0.1) is 0 Å². The van der Waals surface area contributed by atoms with E-state index >= 15 is 0 Å². The van der Waals surface area contributed by atoms with Gasteiger partial charge in [-0.3, -0.25) is 4.57 Å². The largest absolute Gasteiger partial charge is 0.507 e. The van der Waals surface area contributed by atoms with Crippen LogP contribution in [0.2, 0.25) is 0 Å². The van der Waals surface area contributed by atoms with Crippen LogP contribution in [0.4, 0.5) is 8.78 Å². The van der Waals surface area contributed by atoms with E-state index in [0.717, 1.165) is 12.3 Å². The quantitative estimate of drug-likeness (QED) is 0.386. The summed E-state index contributed by atoms with van der Waals surface area (Å²) in [4.78, 5) is 15.6. The number of ether oxygens (including phenoxy) is 1. The Labute approximate surface area is 195 Å². The van der Waals surface area contributed by atoms with Gasteiger partial charge in [0.05, 0.1) is 29.3 Å². The highest BCUT2D eigenvalue weighted by Gasteiger charge is 2.34. The third-order valence-corrected chi connectivity index (χ3v) is 5.84. The molecule has 0 aliphatic carbocycles. The molecule has 0 fully saturated rings. The first-order valence-electron chi connectivity index (χ1n) is 10.6. The number of aromatic carboxylic acids is 1. The number of aryl methyl sites for hydroxylation is 1. The summed E-state index contributed by atoms with van der Waals surface area (Å²) < 4.78 is 35.7. The second kappa shape index (κ2) is 8.53. The van der Waals surface area contributed by atoms with Crippen LogP contribution in [0.1, 0.15) is 35.5 Å². The second-order valence-corrected chi connectivity index (χ2v) is 8.87. The summed E-state index contributed by atoms with van der Waals surface area (Å²) in [7, 11) is 1.56.